The number of hydrogen-bond acceptors (Lipinski definition) is 6. The minimum Gasteiger partial charge on any atom is -0.480 e. The molecular weight excluding hydrogens is 418 g/mol. The molecule has 1 rings (SSSR count). The number of carbonyl (C=O) groups is 5. The van der Waals surface area contributed by atoms with E-state index in [0.29, 0.717) is 0 Å². The molecule has 1 aromatic carbocycles. The van der Waals surface area contributed by atoms with Crippen LogP contribution in [0.3, 0.4) is 0 Å². The SMILES string of the molecule is CC(C)C(NC(=O)C(CCC(N)=O)NC(=O)CN)C(=O)NC(Cc1ccccc1)C(=O)O. The fourth-order valence-electron chi connectivity index (χ4n) is 2.91. The lowest BCUT2D eigenvalue weighted by Crippen LogP contribution is -2.58. The molecular formula is C21H31N5O6. The van der Waals surface area contributed by atoms with Crippen LogP contribution in [0.2, 0.25) is 0 Å². The van der Waals surface area contributed by atoms with Crippen LogP contribution in [-0.2, 0) is 30.4 Å². The molecule has 0 saturated heterocycles. The molecule has 0 fully saturated rings. The zero-order chi connectivity index (χ0) is 24.3. The van der Waals surface area contributed by atoms with Gasteiger partial charge in [0.1, 0.15) is 18.1 Å². The van der Waals surface area contributed by atoms with Crippen molar-refractivity contribution in [3.63, 3.8) is 0 Å². The number of hydrogen-bond donors (Lipinski definition) is 6. The summed E-state index contributed by atoms with van der Waals surface area (Å²) >= 11 is 0. The number of carboxylic acid groups (broad SMARTS) is 1. The first-order valence-electron chi connectivity index (χ1n) is 10.2. The fraction of sp³-hybridized carbons (Fsp3) is 0.476. The summed E-state index contributed by atoms with van der Waals surface area (Å²) in [6, 6.07) is 5.38. The minimum absolute atomic E-state index is 0.0640. The van der Waals surface area contributed by atoms with E-state index in [0.717, 1.165) is 5.56 Å². The summed E-state index contributed by atoms with van der Waals surface area (Å²) in [5.74, 6) is -4.29. The summed E-state index contributed by atoms with van der Waals surface area (Å²) in [7, 11) is 0. The predicted molar refractivity (Wildman–Crippen MR) is 116 cm³/mol. The molecule has 4 amide bonds. The second-order valence-electron chi connectivity index (χ2n) is 7.65. The highest BCUT2D eigenvalue weighted by atomic mass is 16.4. The zero-order valence-corrected chi connectivity index (χ0v) is 18.2. The molecule has 32 heavy (non-hydrogen) atoms. The Hall–Kier alpha value is -3.47. The second-order valence-corrected chi connectivity index (χ2v) is 7.65. The van der Waals surface area contributed by atoms with Gasteiger partial charge < -0.3 is 32.5 Å². The lowest BCUT2D eigenvalue weighted by molar-refractivity contribution is -0.142. The number of carbonyl (C=O) groups excluding carboxylic acids is 4. The van der Waals surface area contributed by atoms with E-state index in [9.17, 15) is 29.1 Å². The maximum absolute atomic E-state index is 12.8. The standard InChI is InChI=1S/C21H31N5O6/c1-12(2)18(26-19(29)14(8-9-16(23)27)24-17(28)11-22)20(30)25-15(21(31)32)10-13-6-4-3-5-7-13/h3-7,12,14-15,18H,8-11,22H2,1-2H3,(H2,23,27)(H,24,28)(H,25,30)(H,26,29)(H,31,32). The Balaban J connectivity index is 2.92. The van der Waals surface area contributed by atoms with E-state index in [1.807, 2.05) is 0 Å². The number of primary amides is 1. The smallest absolute Gasteiger partial charge is 0.326 e. The molecule has 0 aliphatic heterocycles. The van der Waals surface area contributed by atoms with E-state index < -0.39 is 53.6 Å². The molecule has 176 valence electrons. The lowest BCUT2D eigenvalue weighted by atomic mass is 10.0. The molecule has 1 aromatic rings. The molecule has 0 heterocycles. The topological polar surface area (TPSA) is 194 Å². The van der Waals surface area contributed by atoms with E-state index in [1.165, 1.54) is 0 Å². The van der Waals surface area contributed by atoms with Crippen molar-refractivity contribution in [3.05, 3.63) is 35.9 Å². The molecule has 0 aliphatic rings. The third-order valence-corrected chi connectivity index (χ3v) is 4.66. The van der Waals surface area contributed by atoms with Crippen molar-refractivity contribution in [1.82, 2.24) is 16.0 Å². The molecule has 0 aromatic heterocycles. The third-order valence-electron chi connectivity index (χ3n) is 4.66. The molecule has 11 heteroatoms. The van der Waals surface area contributed by atoms with Gasteiger partial charge in [-0.05, 0) is 17.9 Å². The van der Waals surface area contributed by atoms with Gasteiger partial charge in [0.25, 0.3) is 0 Å². The first-order chi connectivity index (χ1) is 15.0. The van der Waals surface area contributed by atoms with Crippen molar-refractivity contribution in [2.45, 2.75) is 51.2 Å². The van der Waals surface area contributed by atoms with E-state index in [2.05, 4.69) is 16.0 Å². The quantitative estimate of drug-likeness (QED) is 0.214. The van der Waals surface area contributed by atoms with Gasteiger partial charge in [0, 0.05) is 12.8 Å². The lowest BCUT2D eigenvalue weighted by Gasteiger charge is -2.26. The molecule has 8 N–H and O–H groups in total. The number of nitrogens with one attached hydrogen (secondary N) is 3. The summed E-state index contributed by atoms with van der Waals surface area (Å²) in [5, 5.41) is 16.9. The first kappa shape index (κ1) is 26.6. The third kappa shape index (κ3) is 9.13. The predicted octanol–water partition coefficient (Wildman–Crippen LogP) is -1.35. The van der Waals surface area contributed by atoms with Crippen LogP contribution in [0.15, 0.2) is 30.3 Å². The van der Waals surface area contributed by atoms with Crippen molar-refractivity contribution >= 4 is 29.6 Å². The zero-order valence-electron chi connectivity index (χ0n) is 18.2. The number of benzene rings is 1. The Kier molecular flexibility index (Phi) is 10.8. The highest BCUT2D eigenvalue weighted by molar-refractivity contribution is 5.94. The van der Waals surface area contributed by atoms with Gasteiger partial charge in [-0.15, -0.1) is 0 Å². The van der Waals surface area contributed by atoms with Crippen molar-refractivity contribution in [2.75, 3.05) is 6.54 Å². The largest absolute Gasteiger partial charge is 0.480 e. The minimum atomic E-state index is -1.22. The van der Waals surface area contributed by atoms with Crippen molar-refractivity contribution in [3.8, 4) is 0 Å². The van der Waals surface area contributed by atoms with Crippen molar-refractivity contribution < 1.29 is 29.1 Å². The van der Waals surface area contributed by atoms with Gasteiger partial charge in [0.2, 0.25) is 23.6 Å². The van der Waals surface area contributed by atoms with Gasteiger partial charge in [-0.2, -0.15) is 0 Å². The molecule has 0 aliphatic carbocycles. The Bertz CT molecular complexity index is 814. The summed E-state index contributed by atoms with van der Waals surface area (Å²) in [6.07, 6.45) is -0.181. The van der Waals surface area contributed by atoms with E-state index in [1.54, 1.807) is 44.2 Å². The van der Waals surface area contributed by atoms with Crippen molar-refractivity contribution in [2.24, 2.45) is 17.4 Å². The molecule has 0 bridgehead atoms. The summed E-state index contributed by atoms with van der Waals surface area (Å²) < 4.78 is 0. The van der Waals surface area contributed by atoms with Crippen LogP contribution in [0.25, 0.3) is 0 Å². The van der Waals surface area contributed by atoms with Gasteiger partial charge in [0.15, 0.2) is 0 Å². The Morgan fingerprint density at radius 2 is 1.56 bits per heavy atom. The summed E-state index contributed by atoms with van der Waals surface area (Å²) in [5.41, 5.74) is 11.1. The number of amides is 4. The van der Waals surface area contributed by atoms with Gasteiger partial charge >= 0.3 is 5.97 Å². The number of aliphatic carboxylic acids is 1. The Morgan fingerprint density at radius 1 is 0.938 bits per heavy atom. The van der Waals surface area contributed by atoms with Crippen LogP contribution in [0.1, 0.15) is 32.3 Å². The van der Waals surface area contributed by atoms with Gasteiger partial charge in [-0.3, -0.25) is 19.2 Å². The maximum Gasteiger partial charge on any atom is 0.326 e. The molecule has 11 nitrogen and oxygen atoms in total. The second kappa shape index (κ2) is 13.1. The Morgan fingerprint density at radius 3 is 2.06 bits per heavy atom. The highest BCUT2D eigenvalue weighted by Gasteiger charge is 2.31. The molecule has 0 saturated carbocycles. The summed E-state index contributed by atoms with van der Waals surface area (Å²) in [4.78, 5) is 59.9. The molecule has 0 spiro atoms. The van der Waals surface area contributed by atoms with Crippen LogP contribution in [-0.4, -0.2) is 59.4 Å². The van der Waals surface area contributed by atoms with Gasteiger partial charge in [-0.1, -0.05) is 44.2 Å². The van der Waals surface area contributed by atoms with Crippen molar-refractivity contribution in [1.29, 1.82) is 0 Å². The summed E-state index contributed by atoms with van der Waals surface area (Å²) in [6.45, 7) is 2.98. The molecule has 3 unspecified atom stereocenters. The van der Waals surface area contributed by atoms with Crippen LogP contribution in [0, 0.1) is 5.92 Å². The van der Waals surface area contributed by atoms with E-state index >= 15 is 0 Å². The first-order valence-corrected chi connectivity index (χ1v) is 10.2. The van der Waals surface area contributed by atoms with Crippen LogP contribution >= 0.6 is 0 Å². The fourth-order valence-corrected chi connectivity index (χ4v) is 2.91. The van der Waals surface area contributed by atoms with Crippen LogP contribution < -0.4 is 27.4 Å². The monoisotopic (exact) mass is 449 g/mol. The molecule has 0 radical (unpaired) electrons. The van der Waals surface area contributed by atoms with E-state index in [4.69, 9.17) is 11.5 Å². The van der Waals surface area contributed by atoms with Crippen LogP contribution in [0.4, 0.5) is 0 Å². The maximum atomic E-state index is 12.8. The number of nitrogens with two attached hydrogens (primary N) is 2. The van der Waals surface area contributed by atoms with Gasteiger partial charge in [-0.25, -0.2) is 4.79 Å². The average molecular weight is 450 g/mol. The number of carboxylic acids is 1. The van der Waals surface area contributed by atoms with Gasteiger partial charge in [0.05, 0.1) is 6.54 Å². The van der Waals surface area contributed by atoms with E-state index in [-0.39, 0.29) is 25.8 Å². The normalized spacial score (nSPS) is 13.5. The highest BCUT2D eigenvalue weighted by Crippen LogP contribution is 2.08. The Labute approximate surface area is 186 Å². The average Bonchev–Trinajstić information content (AvgIpc) is 2.74. The molecule has 3 atom stereocenters. The van der Waals surface area contributed by atoms with Crippen LogP contribution in [0.5, 0.6) is 0 Å². The number of rotatable bonds is 13.